The second kappa shape index (κ2) is 6.03. The molecule has 1 saturated carbocycles. The molecule has 0 bridgehead atoms. The highest BCUT2D eigenvalue weighted by atomic mass is 16.4. The number of nitrogens with zero attached hydrogens (tertiary/aromatic N) is 1. The van der Waals surface area contributed by atoms with Gasteiger partial charge in [-0.25, -0.2) is 0 Å². The maximum atomic E-state index is 13.1. The van der Waals surface area contributed by atoms with Crippen LogP contribution in [-0.4, -0.2) is 27.9 Å². The van der Waals surface area contributed by atoms with E-state index in [1.54, 1.807) is 18.2 Å². The van der Waals surface area contributed by atoms with Crippen molar-refractivity contribution in [2.24, 2.45) is 0 Å². The second-order valence-corrected chi connectivity index (χ2v) is 6.89. The minimum Gasteiger partial charge on any atom is -0.481 e. The molecule has 2 aromatic rings. The summed E-state index contributed by atoms with van der Waals surface area (Å²) in [5.41, 5.74) is 3.26. The summed E-state index contributed by atoms with van der Waals surface area (Å²) in [4.78, 5) is 27.1. The van der Waals surface area contributed by atoms with Crippen LogP contribution < -0.4 is 0 Å². The molecule has 2 unspecified atom stereocenters. The number of hydrogen-bond acceptors (Lipinski definition) is 2. The Morgan fingerprint density at radius 2 is 1.80 bits per heavy atom. The lowest BCUT2D eigenvalue weighted by Crippen LogP contribution is -2.46. The normalized spacial score (nSPS) is 22.6. The molecule has 0 radical (unpaired) electrons. The molecule has 2 aliphatic rings. The summed E-state index contributed by atoms with van der Waals surface area (Å²) < 4.78 is 0. The minimum atomic E-state index is -0.879. The molecule has 1 aliphatic carbocycles. The Kier molecular flexibility index (Phi) is 3.83. The predicted octanol–water partition coefficient (Wildman–Crippen LogP) is 3.78. The second-order valence-electron chi connectivity index (χ2n) is 6.89. The Morgan fingerprint density at radius 3 is 2.40 bits per heavy atom. The topological polar surface area (TPSA) is 57.6 Å². The first kappa shape index (κ1) is 15.9. The summed E-state index contributed by atoms with van der Waals surface area (Å²) in [6, 6.07) is 14.9. The minimum absolute atomic E-state index is 0.0415. The molecule has 0 aromatic heterocycles. The van der Waals surface area contributed by atoms with Crippen molar-refractivity contribution in [2.75, 3.05) is 0 Å². The van der Waals surface area contributed by atoms with E-state index in [2.05, 4.69) is 6.92 Å². The SMILES string of the molecule is CCc1ccc(C2C(C(=O)O)c3ccccc3C(=O)N2C2CC2)cc1. The van der Waals surface area contributed by atoms with Gasteiger partial charge in [0.25, 0.3) is 5.91 Å². The third kappa shape index (κ3) is 2.62. The van der Waals surface area contributed by atoms with E-state index in [9.17, 15) is 14.7 Å². The number of hydrogen-bond donors (Lipinski definition) is 1. The van der Waals surface area contributed by atoms with Gasteiger partial charge in [-0.05, 0) is 42.0 Å². The largest absolute Gasteiger partial charge is 0.481 e. The van der Waals surface area contributed by atoms with Gasteiger partial charge >= 0.3 is 5.97 Å². The summed E-state index contributed by atoms with van der Waals surface area (Å²) in [5, 5.41) is 9.99. The van der Waals surface area contributed by atoms with E-state index in [0.29, 0.717) is 11.1 Å². The number of benzene rings is 2. The van der Waals surface area contributed by atoms with Gasteiger partial charge in [0.15, 0.2) is 0 Å². The Morgan fingerprint density at radius 1 is 1.12 bits per heavy atom. The summed E-state index contributed by atoms with van der Waals surface area (Å²) in [5.74, 6) is -1.66. The summed E-state index contributed by atoms with van der Waals surface area (Å²) in [6.07, 6.45) is 2.83. The van der Waals surface area contributed by atoms with Crippen LogP contribution in [0.5, 0.6) is 0 Å². The van der Waals surface area contributed by atoms with Crippen LogP contribution in [0, 0.1) is 0 Å². The quantitative estimate of drug-likeness (QED) is 0.925. The van der Waals surface area contributed by atoms with Crippen LogP contribution in [0.1, 0.15) is 58.8 Å². The van der Waals surface area contributed by atoms with Gasteiger partial charge in [0.1, 0.15) is 5.92 Å². The van der Waals surface area contributed by atoms with E-state index in [1.165, 1.54) is 5.56 Å². The molecule has 4 nitrogen and oxygen atoms in total. The summed E-state index contributed by atoms with van der Waals surface area (Å²) in [6.45, 7) is 2.09. The number of aryl methyl sites for hydroxylation is 1. The molecule has 2 atom stereocenters. The molecule has 4 heteroatoms. The zero-order valence-corrected chi connectivity index (χ0v) is 14.2. The number of carbonyl (C=O) groups excluding carboxylic acids is 1. The van der Waals surface area contributed by atoms with E-state index in [4.69, 9.17) is 0 Å². The zero-order chi connectivity index (χ0) is 17.6. The number of aliphatic carboxylic acids is 1. The Hall–Kier alpha value is -2.62. The van der Waals surface area contributed by atoms with E-state index in [0.717, 1.165) is 24.8 Å². The van der Waals surface area contributed by atoms with Crippen molar-refractivity contribution in [3.8, 4) is 0 Å². The molecule has 1 fully saturated rings. The molecule has 1 amide bonds. The molecule has 128 valence electrons. The number of amides is 1. The average molecular weight is 335 g/mol. The number of carbonyl (C=O) groups is 2. The van der Waals surface area contributed by atoms with E-state index in [-0.39, 0.29) is 11.9 Å². The highest BCUT2D eigenvalue weighted by Gasteiger charge is 2.49. The lowest BCUT2D eigenvalue weighted by Gasteiger charge is -2.41. The number of carboxylic acids is 1. The van der Waals surface area contributed by atoms with Crippen molar-refractivity contribution in [1.82, 2.24) is 4.90 Å². The van der Waals surface area contributed by atoms with Crippen molar-refractivity contribution < 1.29 is 14.7 Å². The average Bonchev–Trinajstić information content (AvgIpc) is 3.46. The molecule has 2 aromatic carbocycles. The van der Waals surface area contributed by atoms with Crippen molar-refractivity contribution in [3.05, 3.63) is 70.8 Å². The van der Waals surface area contributed by atoms with Gasteiger partial charge in [-0.15, -0.1) is 0 Å². The standard InChI is InChI=1S/C21H21NO3/c1-2-13-7-9-14(10-8-13)19-18(21(24)25)16-5-3-4-6-17(16)20(23)22(19)15-11-12-15/h3-10,15,18-19H,2,11-12H2,1H3,(H,24,25). The maximum Gasteiger partial charge on any atom is 0.313 e. The molecule has 0 spiro atoms. The molecule has 25 heavy (non-hydrogen) atoms. The molecule has 4 rings (SSSR count). The zero-order valence-electron chi connectivity index (χ0n) is 14.2. The number of fused-ring (bicyclic) bond motifs is 1. The lowest BCUT2D eigenvalue weighted by molar-refractivity contribution is -0.140. The number of carboxylic acid groups (broad SMARTS) is 1. The van der Waals surface area contributed by atoms with Crippen LogP contribution in [0.15, 0.2) is 48.5 Å². The van der Waals surface area contributed by atoms with Crippen LogP contribution in [0.2, 0.25) is 0 Å². The molecular formula is C21H21NO3. The smallest absolute Gasteiger partial charge is 0.313 e. The molecule has 1 heterocycles. The molecule has 1 N–H and O–H groups in total. The van der Waals surface area contributed by atoms with Crippen molar-refractivity contribution in [3.63, 3.8) is 0 Å². The highest BCUT2D eigenvalue weighted by molar-refractivity contribution is 6.00. The van der Waals surface area contributed by atoms with E-state index >= 15 is 0 Å². The van der Waals surface area contributed by atoms with Gasteiger partial charge in [0, 0.05) is 11.6 Å². The van der Waals surface area contributed by atoms with E-state index < -0.39 is 17.9 Å². The van der Waals surface area contributed by atoms with Crippen molar-refractivity contribution >= 4 is 11.9 Å². The fraction of sp³-hybridized carbons (Fsp3) is 0.333. The fourth-order valence-electron chi connectivity index (χ4n) is 3.88. The van der Waals surface area contributed by atoms with Crippen LogP contribution >= 0.6 is 0 Å². The Balaban J connectivity index is 1.88. The Labute approximate surface area is 147 Å². The van der Waals surface area contributed by atoms with Crippen molar-refractivity contribution in [1.29, 1.82) is 0 Å². The monoisotopic (exact) mass is 335 g/mol. The summed E-state index contributed by atoms with van der Waals surface area (Å²) >= 11 is 0. The first-order valence-corrected chi connectivity index (χ1v) is 8.85. The van der Waals surface area contributed by atoms with E-state index in [1.807, 2.05) is 35.2 Å². The molecule has 1 aliphatic heterocycles. The van der Waals surface area contributed by atoms with Gasteiger partial charge in [-0.3, -0.25) is 9.59 Å². The lowest BCUT2D eigenvalue weighted by atomic mass is 9.79. The van der Waals surface area contributed by atoms with Crippen LogP contribution in [0.4, 0.5) is 0 Å². The van der Waals surface area contributed by atoms with Crippen LogP contribution in [-0.2, 0) is 11.2 Å². The van der Waals surface area contributed by atoms with Gasteiger partial charge in [0.05, 0.1) is 6.04 Å². The van der Waals surface area contributed by atoms with Gasteiger partial charge in [-0.2, -0.15) is 0 Å². The van der Waals surface area contributed by atoms with Crippen molar-refractivity contribution in [2.45, 2.75) is 44.2 Å². The van der Waals surface area contributed by atoms with Gasteiger partial charge in [0.2, 0.25) is 0 Å². The maximum absolute atomic E-state index is 13.1. The predicted molar refractivity (Wildman–Crippen MR) is 94.6 cm³/mol. The number of rotatable bonds is 4. The first-order valence-electron chi connectivity index (χ1n) is 8.85. The molecular weight excluding hydrogens is 314 g/mol. The highest BCUT2D eigenvalue weighted by Crippen LogP contribution is 2.47. The van der Waals surface area contributed by atoms with Gasteiger partial charge < -0.3 is 10.0 Å². The van der Waals surface area contributed by atoms with Gasteiger partial charge in [-0.1, -0.05) is 49.4 Å². The summed E-state index contributed by atoms with van der Waals surface area (Å²) in [7, 11) is 0. The molecule has 0 saturated heterocycles. The van der Waals surface area contributed by atoms with Crippen LogP contribution in [0.25, 0.3) is 0 Å². The Bertz CT molecular complexity index is 823. The fourth-order valence-corrected chi connectivity index (χ4v) is 3.88. The third-order valence-corrected chi connectivity index (χ3v) is 5.31. The van der Waals surface area contributed by atoms with Crippen LogP contribution in [0.3, 0.4) is 0 Å². The first-order chi connectivity index (χ1) is 12.1. The third-order valence-electron chi connectivity index (χ3n) is 5.31.